The minimum atomic E-state index is -0.399. The largest absolute Gasteiger partial charge is 0.508 e. The van der Waals surface area contributed by atoms with Crippen LogP contribution in [0.1, 0.15) is 61.6 Å². The third-order valence-electron chi connectivity index (χ3n) is 7.94. The molecule has 2 saturated carbocycles. The number of hydrogen-bond donors (Lipinski definition) is 1. The van der Waals surface area contributed by atoms with E-state index in [2.05, 4.69) is 23.2 Å². The SMILES string of the molecule is C[C@@]12CC[C@@H]3c4ccc(O)cc4CC[C@@H]3[C@@H]1CC/C2=N/N=C\c1ccc([N+](=O)[O-])cc1. The highest BCUT2D eigenvalue weighted by atomic mass is 16.6. The maximum Gasteiger partial charge on any atom is 0.269 e. The van der Waals surface area contributed by atoms with E-state index < -0.39 is 4.92 Å². The van der Waals surface area contributed by atoms with E-state index in [0.29, 0.717) is 23.5 Å². The summed E-state index contributed by atoms with van der Waals surface area (Å²) in [6.07, 6.45) is 8.33. The first-order chi connectivity index (χ1) is 15.0. The number of aryl methyl sites for hydroxylation is 1. The summed E-state index contributed by atoms with van der Waals surface area (Å²) in [5.74, 6) is 2.26. The number of fused-ring (bicyclic) bond motifs is 5. The van der Waals surface area contributed by atoms with Gasteiger partial charge in [0.05, 0.1) is 11.1 Å². The molecule has 2 aromatic rings. The normalized spacial score (nSPS) is 30.7. The van der Waals surface area contributed by atoms with Gasteiger partial charge in [-0.15, -0.1) is 0 Å². The summed E-state index contributed by atoms with van der Waals surface area (Å²) in [6, 6.07) is 12.3. The van der Waals surface area contributed by atoms with E-state index in [-0.39, 0.29) is 11.1 Å². The Hall–Kier alpha value is -3.02. The molecule has 6 heteroatoms. The first kappa shape index (κ1) is 19.9. The molecule has 0 aliphatic heterocycles. The Kier molecular flexibility index (Phi) is 4.88. The van der Waals surface area contributed by atoms with Gasteiger partial charge in [-0.25, -0.2) is 0 Å². The second-order valence-corrected chi connectivity index (χ2v) is 9.43. The lowest BCUT2D eigenvalue weighted by Crippen LogP contribution is -2.42. The molecule has 0 heterocycles. The van der Waals surface area contributed by atoms with Gasteiger partial charge in [-0.1, -0.05) is 13.0 Å². The van der Waals surface area contributed by atoms with E-state index >= 15 is 0 Å². The first-order valence-electron chi connectivity index (χ1n) is 11.1. The van der Waals surface area contributed by atoms with Crippen molar-refractivity contribution >= 4 is 17.6 Å². The summed E-state index contributed by atoms with van der Waals surface area (Å²) < 4.78 is 0. The Morgan fingerprint density at radius 2 is 1.94 bits per heavy atom. The zero-order chi connectivity index (χ0) is 21.6. The molecular formula is C25H27N3O3. The predicted octanol–water partition coefficient (Wildman–Crippen LogP) is 5.63. The topological polar surface area (TPSA) is 88.1 Å². The third kappa shape index (κ3) is 3.44. The average molecular weight is 418 g/mol. The van der Waals surface area contributed by atoms with Gasteiger partial charge in [0, 0.05) is 23.3 Å². The molecule has 6 nitrogen and oxygen atoms in total. The first-order valence-corrected chi connectivity index (χ1v) is 11.1. The molecule has 5 rings (SSSR count). The highest BCUT2D eigenvalue weighted by Gasteiger charge is 2.53. The molecule has 2 aromatic carbocycles. The Bertz CT molecular complexity index is 1080. The van der Waals surface area contributed by atoms with Crippen LogP contribution in [0.4, 0.5) is 5.69 Å². The van der Waals surface area contributed by atoms with Gasteiger partial charge >= 0.3 is 0 Å². The monoisotopic (exact) mass is 417 g/mol. The van der Waals surface area contributed by atoms with Gasteiger partial charge in [0.2, 0.25) is 0 Å². The fraction of sp³-hybridized carbons (Fsp3) is 0.440. The Morgan fingerprint density at radius 3 is 2.71 bits per heavy atom. The lowest BCUT2D eigenvalue weighted by Gasteiger charge is -2.49. The van der Waals surface area contributed by atoms with Crippen LogP contribution in [0.3, 0.4) is 0 Å². The van der Waals surface area contributed by atoms with Gasteiger partial charge in [-0.3, -0.25) is 10.1 Å². The van der Waals surface area contributed by atoms with Crippen molar-refractivity contribution in [1.29, 1.82) is 0 Å². The maximum absolute atomic E-state index is 10.8. The molecule has 0 amide bonds. The molecule has 0 unspecified atom stereocenters. The molecule has 4 atom stereocenters. The number of phenols is 1. The molecule has 0 saturated heterocycles. The van der Waals surface area contributed by atoms with Crippen LogP contribution in [-0.2, 0) is 6.42 Å². The van der Waals surface area contributed by atoms with Crippen molar-refractivity contribution in [2.75, 3.05) is 0 Å². The predicted molar refractivity (Wildman–Crippen MR) is 121 cm³/mol. The Labute approximate surface area is 181 Å². The molecule has 1 N–H and O–H groups in total. The molecule has 2 fully saturated rings. The summed E-state index contributed by atoms with van der Waals surface area (Å²) in [4.78, 5) is 10.4. The maximum atomic E-state index is 10.8. The van der Waals surface area contributed by atoms with Crippen LogP contribution in [0, 0.1) is 27.4 Å². The Morgan fingerprint density at radius 1 is 1.13 bits per heavy atom. The van der Waals surface area contributed by atoms with Gasteiger partial charge in [0.15, 0.2) is 0 Å². The van der Waals surface area contributed by atoms with E-state index in [4.69, 9.17) is 0 Å². The zero-order valence-corrected chi connectivity index (χ0v) is 17.7. The van der Waals surface area contributed by atoms with Crippen molar-refractivity contribution in [2.24, 2.45) is 27.5 Å². The minimum Gasteiger partial charge on any atom is -0.508 e. The molecule has 3 aliphatic rings. The Balaban J connectivity index is 1.34. The van der Waals surface area contributed by atoms with Crippen LogP contribution in [0.2, 0.25) is 0 Å². The van der Waals surface area contributed by atoms with Crippen LogP contribution in [0.15, 0.2) is 52.7 Å². The molecule has 0 bridgehead atoms. The molecular weight excluding hydrogens is 390 g/mol. The summed E-state index contributed by atoms with van der Waals surface area (Å²) in [5, 5.41) is 29.6. The molecule has 160 valence electrons. The van der Waals surface area contributed by atoms with Crippen LogP contribution in [-0.4, -0.2) is 22.0 Å². The number of benzene rings is 2. The number of nitro groups is 1. The van der Waals surface area contributed by atoms with Crippen LogP contribution >= 0.6 is 0 Å². The van der Waals surface area contributed by atoms with Crippen LogP contribution < -0.4 is 0 Å². The van der Waals surface area contributed by atoms with E-state index in [9.17, 15) is 15.2 Å². The lowest BCUT2D eigenvalue weighted by atomic mass is 9.55. The van der Waals surface area contributed by atoms with Gasteiger partial charge < -0.3 is 5.11 Å². The molecule has 31 heavy (non-hydrogen) atoms. The smallest absolute Gasteiger partial charge is 0.269 e. The fourth-order valence-corrected chi connectivity index (χ4v) is 6.37. The molecule has 0 aromatic heterocycles. The standard InChI is InChI=1S/C25H27N3O3/c1-25-13-12-21-20-9-7-19(29)14-17(20)4-8-22(21)23(25)10-11-24(25)27-26-15-16-2-5-18(6-3-16)28(30)31/h2-3,5-7,9,14-15,21-23,29H,4,8,10-13H2,1H3/b26-15-,27-24-/t21-,22+,23+,25-/m1/s1. The van der Waals surface area contributed by atoms with E-state index in [1.807, 2.05) is 12.1 Å². The quantitative estimate of drug-likeness (QED) is 0.399. The van der Waals surface area contributed by atoms with Gasteiger partial charge in [0.1, 0.15) is 5.75 Å². The van der Waals surface area contributed by atoms with Crippen LogP contribution in [0.25, 0.3) is 0 Å². The van der Waals surface area contributed by atoms with Gasteiger partial charge in [0.25, 0.3) is 5.69 Å². The molecule has 0 spiro atoms. The van der Waals surface area contributed by atoms with Crippen molar-refractivity contribution < 1.29 is 10.0 Å². The van der Waals surface area contributed by atoms with Crippen molar-refractivity contribution in [2.45, 2.75) is 51.4 Å². The second-order valence-electron chi connectivity index (χ2n) is 9.43. The number of nitrogens with zero attached hydrogens (tertiary/aromatic N) is 3. The lowest BCUT2D eigenvalue weighted by molar-refractivity contribution is -0.384. The van der Waals surface area contributed by atoms with E-state index in [0.717, 1.165) is 37.7 Å². The van der Waals surface area contributed by atoms with Crippen molar-refractivity contribution in [3.8, 4) is 5.75 Å². The fourth-order valence-electron chi connectivity index (χ4n) is 6.37. The number of aromatic hydroxyl groups is 1. The van der Waals surface area contributed by atoms with Crippen molar-refractivity contribution in [1.82, 2.24) is 0 Å². The number of nitro benzene ring substituents is 1. The minimum absolute atomic E-state index is 0.0793. The third-order valence-corrected chi connectivity index (χ3v) is 7.94. The number of phenolic OH excluding ortho intramolecular Hbond substituents is 1. The summed E-state index contributed by atoms with van der Waals surface area (Å²) in [6.45, 7) is 2.37. The van der Waals surface area contributed by atoms with Crippen LogP contribution in [0.5, 0.6) is 5.75 Å². The molecule has 3 aliphatic carbocycles. The summed E-state index contributed by atoms with van der Waals surface area (Å²) in [7, 11) is 0. The van der Waals surface area contributed by atoms with Gasteiger partial charge in [-0.05, 0) is 97.2 Å². The highest BCUT2D eigenvalue weighted by molar-refractivity contribution is 5.93. The van der Waals surface area contributed by atoms with E-state index in [1.165, 1.54) is 35.4 Å². The van der Waals surface area contributed by atoms with E-state index in [1.54, 1.807) is 18.3 Å². The van der Waals surface area contributed by atoms with Gasteiger partial charge in [-0.2, -0.15) is 10.2 Å². The number of hydrogen-bond acceptors (Lipinski definition) is 5. The number of non-ortho nitro benzene ring substituents is 1. The second kappa shape index (κ2) is 7.59. The van der Waals surface area contributed by atoms with Crippen molar-refractivity contribution in [3.05, 3.63) is 69.3 Å². The summed E-state index contributed by atoms with van der Waals surface area (Å²) >= 11 is 0. The number of rotatable bonds is 3. The molecule has 0 radical (unpaired) electrons. The summed E-state index contributed by atoms with van der Waals surface area (Å²) in [5.41, 5.74) is 4.96. The van der Waals surface area contributed by atoms with Crippen molar-refractivity contribution in [3.63, 3.8) is 0 Å². The highest BCUT2D eigenvalue weighted by Crippen LogP contribution is 2.60. The zero-order valence-electron chi connectivity index (χ0n) is 17.7. The average Bonchev–Trinajstić information content (AvgIpc) is 3.10.